The Labute approximate surface area is 106 Å². The average Bonchev–Trinajstić information content (AvgIpc) is 2.39. The number of hydrogen-bond donors (Lipinski definition) is 0. The fraction of sp³-hybridized carbons (Fsp3) is 0.600. The van der Waals surface area contributed by atoms with Crippen LogP contribution in [0.2, 0.25) is 0 Å². The third-order valence-electron chi connectivity index (χ3n) is 3.86. The molecule has 96 valence electrons. The zero-order valence-corrected chi connectivity index (χ0v) is 11.7. The number of rotatable bonds is 7. The number of ether oxygens (including phenoxy) is 1. The summed E-state index contributed by atoms with van der Waals surface area (Å²) in [4.78, 5) is 0. The van der Waals surface area contributed by atoms with Gasteiger partial charge in [0.15, 0.2) is 0 Å². The van der Waals surface area contributed by atoms with Crippen molar-refractivity contribution in [2.45, 2.75) is 33.9 Å². The van der Waals surface area contributed by atoms with Crippen LogP contribution in [0.5, 0.6) is 0 Å². The molecule has 0 atom stereocenters. The molecule has 0 N–H and O–H groups in total. The minimum atomic E-state index is 0.704. The first kappa shape index (κ1) is 14.2. The minimum absolute atomic E-state index is 0.704. The van der Waals surface area contributed by atoms with Crippen LogP contribution in [0.15, 0.2) is 24.3 Å². The molecule has 0 fully saturated rings. The fourth-order valence-electron chi connectivity index (χ4n) is 2.30. The molecule has 2 heteroatoms. The van der Waals surface area contributed by atoms with Gasteiger partial charge in [0.1, 0.15) is 6.54 Å². The van der Waals surface area contributed by atoms with E-state index in [0.717, 1.165) is 6.54 Å². The van der Waals surface area contributed by atoms with E-state index in [4.69, 9.17) is 4.74 Å². The van der Waals surface area contributed by atoms with Gasteiger partial charge in [0.25, 0.3) is 0 Å². The molecule has 0 bridgehead atoms. The molecule has 0 aliphatic carbocycles. The molecule has 17 heavy (non-hydrogen) atoms. The first-order valence-corrected chi connectivity index (χ1v) is 6.61. The third-order valence-corrected chi connectivity index (χ3v) is 3.86. The van der Waals surface area contributed by atoms with Gasteiger partial charge in [-0.25, -0.2) is 0 Å². The maximum Gasteiger partial charge on any atom is 0.104 e. The fourth-order valence-corrected chi connectivity index (χ4v) is 2.30. The summed E-state index contributed by atoms with van der Waals surface area (Å²) in [6, 6.07) is 8.83. The van der Waals surface area contributed by atoms with Gasteiger partial charge in [-0.1, -0.05) is 24.3 Å². The van der Waals surface area contributed by atoms with Crippen LogP contribution < -0.4 is 0 Å². The van der Waals surface area contributed by atoms with Gasteiger partial charge in [-0.3, -0.25) is 0 Å². The van der Waals surface area contributed by atoms with Gasteiger partial charge >= 0.3 is 0 Å². The Morgan fingerprint density at radius 1 is 0.882 bits per heavy atom. The lowest BCUT2D eigenvalue weighted by Crippen LogP contribution is -2.46. The lowest BCUT2D eigenvalue weighted by atomic mass is 10.1. The lowest BCUT2D eigenvalue weighted by molar-refractivity contribution is -0.936. The third kappa shape index (κ3) is 3.83. The van der Waals surface area contributed by atoms with Crippen molar-refractivity contribution in [3.63, 3.8) is 0 Å². The SMILES string of the molecule is CC[N+](CC)(CC)Cc1ccc(COC)cc1. The van der Waals surface area contributed by atoms with Crippen LogP contribution >= 0.6 is 0 Å². The van der Waals surface area contributed by atoms with Crippen LogP contribution in [0.1, 0.15) is 31.9 Å². The molecule has 2 nitrogen and oxygen atoms in total. The Kier molecular flexibility index (Phi) is 5.66. The molecule has 1 aromatic carbocycles. The van der Waals surface area contributed by atoms with Gasteiger partial charge in [-0.05, 0) is 26.3 Å². The van der Waals surface area contributed by atoms with Crippen LogP contribution in [0.4, 0.5) is 0 Å². The van der Waals surface area contributed by atoms with Crippen molar-refractivity contribution < 1.29 is 9.22 Å². The molecule has 0 aliphatic heterocycles. The Hall–Kier alpha value is -0.860. The van der Waals surface area contributed by atoms with Gasteiger partial charge in [0.2, 0.25) is 0 Å². The topological polar surface area (TPSA) is 9.23 Å². The van der Waals surface area contributed by atoms with Gasteiger partial charge in [-0.2, -0.15) is 0 Å². The molecule has 0 spiro atoms. The van der Waals surface area contributed by atoms with E-state index in [0.29, 0.717) is 6.61 Å². The van der Waals surface area contributed by atoms with Crippen molar-refractivity contribution in [1.29, 1.82) is 0 Å². The summed E-state index contributed by atoms with van der Waals surface area (Å²) in [5, 5.41) is 0. The molecular formula is C15H26NO+. The standard InChI is InChI=1S/C15H26NO/c1-5-16(6-2,7-3)12-14-8-10-15(11-9-14)13-17-4/h8-11H,5-7,12-13H2,1-4H3/q+1. The zero-order valence-electron chi connectivity index (χ0n) is 11.7. The molecule has 0 saturated carbocycles. The van der Waals surface area contributed by atoms with E-state index in [1.807, 2.05) is 0 Å². The van der Waals surface area contributed by atoms with Crippen LogP contribution in [-0.4, -0.2) is 31.2 Å². The second kappa shape index (κ2) is 6.77. The lowest BCUT2D eigenvalue weighted by Gasteiger charge is -2.35. The molecule has 0 amide bonds. The Bertz CT molecular complexity index is 306. The number of methoxy groups -OCH3 is 1. The largest absolute Gasteiger partial charge is 0.380 e. The summed E-state index contributed by atoms with van der Waals surface area (Å²) in [6.07, 6.45) is 0. The summed E-state index contributed by atoms with van der Waals surface area (Å²) >= 11 is 0. The van der Waals surface area contributed by atoms with Gasteiger partial charge in [0.05, 0.1) is 26.2 Å². The Morgan fingerprint density at radius 3 is 1.76 bits per heavy atom. The van der Waals surface area contributed by atoms with E-state index in [2.05, 4.69) is 45.0 Å². The van der Waals surface area contributed by atoms with E-state index in [9.17, 15) is 0 Å². The van der Waals surface area contributed by atoms with Gasteiger partial charge < -0.3 is 9.22 Å². The van der Waals surface area contributed by atoms with Crippen molar-refractivity contribution in [2.24, 2.45) is 0 Å². The van der Waals surface area contributed by atoms with Crippen LogP contribution in [0.25, 0.3) is 0 Å². The predicted molar refractivity (Wildman–Crippen MR) is 72.7 cm³/mol. The highest BCUT2D eigenvalue weighted by atomic mass is 16.5. The maximum absolute atomic E-state index is 5.13. The van der Waals surface area contributed by atoms with Crippen molar-refractivity contribution in [3.8, 4) is 0 Å². The molecular weight excluding hydrogens is 210 g/mol. The zero-order chi connectivity index (χ0) is 12.7. The van der Waals surface area contributed by atoms with Gasteiger partial charge in [-0.15, -0.1) is 0 Å². The van der Waals surface area contributed by atoms with E-state index < -0.39 is 0 Å². The summed E-state index contributed by atoms with van der Waals surface area (Å²) in [6.45, 7) is 12.3. The number of benzene rings is 1. The van der Waals surface area contributed by atoms with Crippen molar-refractivity contribution in [3.05, 3.63) is 35.4 Å². The molecule has 1 aromatic rings. The second-order valence-corrected chi connectivity index (χ2v) is 4.70. The predicted octanol–water partition coefficient (Wildman–Crippen LogP) is 3.21. The quantitative estimate of drug-likeness (QED) is 0.661. The van der Waals surface area contributed by atoms with Crippen LogP contribution in [-0.2, 0) is 17.9 Å². The molecule has 1 rings (SSSR count). The van der Waals surface area contributed by atoms with E-state index in [1.54, 1.807) is 7.11 Å². The molecule has 0 heterocycles. The Balaban J connectivity index is 2.73. The second-order valence-electron chi connectivity index (χ2n) is 4.70. The van der Waals surface area contributed by atoms with Crippen LogP contribution in [0.3, 0.4) is 0 Å². The molecule has 0 aromatic heterocycles. The van der Waals surface area contributed by atoms with Crippen molar-refractivity contribution >= 4 is 0 Å². The summed E-state index contributed by atoms with van der Waals surface area (Å²) in [5.41, 5.74) is 2.68. The molecule has 0 aliphatic rings. The van der Waals surface area contributed by atoms with E-state index in [-0.39, 0.29) is 0 Å². The number of quaternary nitrogens is 1. The van der Waals surface area contributed by atoms with E-state index in [1.165, 1.54) is 35.2 Å². The average molecular weight is 236 g/mol. The molecule has 0 unspecified atom stereocenters. The van der Waals surface area contributed by atoms with Crippen molar-refractivity contribution in [2.75, 3.05) is 26.7 Å². The van der Waals surface area contributed by atoms with Crippen LogP contribution in [0, 0.1) is 0 Å². The minimum Gasteiger partial charge on any atom is -0.380 e. The highest BCUT2D eigenvalue weighted by Crippen LogP contribution is 2.15. The monoisotopic (exact) mass is 236 g/mol. The van der Waals surface area contributed by atoms with E-state index >= 15 is 0 Å². The maximum atomic E-state index is 5.13. The number of hydrogen-bond acceptors (Lipinski definition) is 1. The van der Waals surface area contributed by atoms with Gasteiger partial charge in [0, 0.05) is 12.7 Å². The normalized spacial score (nSPS) is 11.8. The highest BCUT2D eigenvalue weighted by Gasteiger charge is 2.20. The number of nitrogens with zero attached hydrogens (tertiary/aromatic N) is 1. The molecule has 0 saturated heterocycles. The van der Waals surface area contributed by atoms with Crippen molar-refractivity contribution in [1.82, 2.24) is 0 Å². The summed E-state index contributed by atoms with van der Waals surface area (Å²) < 4.78 is 6.30. The summed E-state index contributed by atoms with van der Waals surface area (Å²) in [7, 11) is 1.74. The highest BCUT2D eigenvalue weighted by molar-refractivity contribution is 5.21. The first-order valence-electron chi connectivity index (χ1n) is 6.61. The smallest absolute Gasteiger partial charge is 0.104 e. The summed E-state index contributed by atoms with van der Waals surface area (Å²) in [5.74, 6) is 0. The first-order chi connectivity index (χ1) is 8.19. The Morgan fingerprint density at radius 2 is 1.35 bits per heavy atom. The molecule has 0 radical (unpaired) electrons.